The van der Waals surface area contributed by atoms with Crippen molar-refractivity contribution >= 4 is 20.3 Å². The third-order valence-electron chi connectivity index (χ3n) is 15.6. The molecule has 0 radical (unpaired) electrons. The third kappa shape index (κ3) is 12.4. The molecule has 16 nitrogen and oxygen atoms in total. The van der Waals surface area contributed by atoms with Crippen molar-refractivity contribution in [1.82, 2.24) is 0 Å². The molecule has 4 aliphatic heterocycles. The highest BCUT2D eigenvalue weighted by Gasteiger charge is 2.61. The molecule has 0 amide bonds. The van der Waals surface area contributed by atoms with Crippen molar-refractivity contribution in [2.45, 2.75) is 213 Å². The molecule has 17 heteroatoms. The van der Waals surface area contributed by atoms with Gasteiger partial charge in [-0.1, -0.05) is 124 Å². The van der Waals surface area contributed by atoms with E-state index in [1.165, 1.54) is 0 Å². The van der Waals surface area contributed by atoms with Crippen LogP contribution in [0, 0.1) is 35.5 Å². The average Bonchev–Trinajstić information content (AvgIpc) is 3.59. The number of ether oxygens (including phenoxy) is 9. The molecule has 0 aromatic heterocycles. The second-order valence-corrected chi connectivity index (χ2v) is 25.8. The van der Waals surface area contributed by atoms with E-state index in [0.29, 0.717) is 12.3 Å². The van der Waals surface area contributed by atoms with E-state index in [1.807, 2.05) is 85.7 Å². The zero-order valence-electron chi connectivity index (χ0n) is 42.3. The van der Waals surface area contributed by atoms with Gasteiger partial charge in [0, 0.05) is 23.7 Å². The summed E-state index contributed by atoms with van der Waals surface area (Å²) in [5.41, 5.74) is 10.4. The van der Waals surface area contributed by atoms with Gasteiger partial charge in [-0.3, -0.25) is 4.79 Å². The highest BCUT2D eigenvalue weighted by atomic mass is 28.4. The van der Waals surface area contributed by atoms with E-state index in [1.54, 1.807) is 6.92 Å². The first-order valence-electron chi connectivity index (χ1n) is 24.3. The Kier molecular flexibility index (Phi) is 18.4. The fourth-order valence-electron chi connectivity index (χ4n) is 9.20. The predicted molar refractivity (Wildman–Crippen MR) is 249 cm³/mol. The third-order valence-corrected chi connectivity index (χ3v) is 20.1. The Bertz CT molecular complexity index is 1800. The summed E-state index contributed by atoms with van der Waals surface area (Å²) in [6.07, 6.45) is -6.03. The Hall–Kier alpha value is -2.67. The Morgan fingerprint density at radius 2 is 1.61 bits per heavy atom. The molecule has 0 saturated carbocycles. The lowest BCUT2D eigenvalue weighted by atomic mass is 9.82. The molecule has 0 aliphatic carbocycles. The number of nitrogens with zero attached hydrogens (tertiary/aromatic N) is 3. The van der Waals surface area contributed by atoms with Crippen LogP contribution >= 0.6 is 0 Å². The number of carbonyl (C=O) groups is 2. The second kappa shape index (κ2) is 22.4. The zero-order chi connectivity index (χ0) is 48.9. The van der Waals surface area contributed by atoms with Crippen molar-refractivity contribution in [3.8, 4) is 0 Å². The van der Waals surface area contributed by atoms with Crippen molar-refractivity contribution in [1.29, 1.82) is 0 Å². The summed E-state index contributed by atoms with van der Waals surface area (Å²) in [6.45, 7) is 30.3. The standard InChI is InChI=1S/C49H81N3O13Si/c1-16-29(5)23-38(53)61-42-33(9)44(56-26-36-31(7)32(8)39(51-52-50)45(59-36)65-66(14,15)47(10,11)28(3)4)60-37(40(42)54)27-58-49(46(55)57-25-34-21-19-18-20-22-34)24-35-43(63-48(12,13)62-35)41(64-49)30(6)17-2/h18-22,28-33,35-37,39-45,54H,16-17,23-27H2,1-15H3/t29-,30-,31+,32+,33?,35-,36?,37?,39?,40-,41?,42-,43-,44-,45+,49?/m1/s1. The Labute approximate surface area is 394 Å². The van der Waals surface area contributed by atoms with Gasteiger partial charge < -0.3 is 52.2 Å². The molecule has 1 aromatic rings. The van der Waals surface area contributed by atoms with E-state index < -0.39 is 99.1 Å². The van der Waals surface area contributed by atoms with Gasteiger partial charge in [0.25, 0.3) is 5.79 Å². The fraction of sp³-hybridized carbons (Fsp3) is 0.837. The molecule has 1 aromatic carbocycles. The molecule has 66 heavy (non-hydrogen) atoms. The molecule has 0 spiro atoms. The smallest absolute Gasteiger partial charge is 0.367 e. The maximum absolute atomic E-state index is 14.5. The van der Waals surface area contributed by atoms with Crippen molar-refractivity contribution < 1.29 is 61.8 Å². The average molecular weight is 948 g/mol. The fourth-order valence-corrected chi connectivity index (χ4v) is 11.7. The summed E-state index contributed by atoms with van der Waals surface area (Å²) in [5.74, 6) is -4.74. The first-order chi connectivity index (χ1) is 30.9. The van der Waals surface area contributed by atoms with Crippen molar-refractivity contribution in [3.05, 3.63) is 46.3 Å². The molecule has 5 rings (SSSR count). The lowest BCUT2D eigenvalue weighted by Crippen LogP contribution is -2.62. The van der Waals surface area contributed by atoms with Gasteiger partial charge in [0.05, 0.1) is 37.6 Å². The normalized spacial score (nSPS) is 35.6. The van der Waals surface area contributed by atoms with E-state index >= 15 is 0 Å². The van der Waals surface area contributed by atoms with Crippen LogP contribution in [-0.2, 0) is 63.3 Å². The van der Waals surface area contributed by atoms with Gasteiger partial charge in [-0.25, -0.2) is 4.79 Å². The van der Waals surface area contributed by atoms with Gasteiger partial charge in [-0.05, 0) is 72.7 Å². The quantitative estimate of drug-likeness (QED) is 0.0428. The lowest BCUT2D eigenvalue weighted by Gasteiger charge is -2.49. The highest BCUT2D eigenvalue weighted by Crippen LogP contribution is 2.48. The Balaban J connectivity index is 1.43. The number of azide groups is 1. The van der Waals surface area contributed by atoms with Crippen LogP contribution in [0.15, 0.2) is 35.4 Å². The van der Waals surface area contributed by atoms with Crippen LogP contribution in [0.1, 0.15) is 121 Å². The summed E-state index contributed by atoms with van der Waals surface area (Å²) >= 11 is 0. The summed E-state index contributed by atoms with van der Waals surface area (Å²) in [5, 5.41) is 16.1. The molecule has 4 heterocycles. The number of rotatable bonds is 20. The van der Waals surface area contributed by atoms with E-state index in [2.05, 4.69) is 50.8 Å². The largest absolute Gasteiger partial charge is 0.459 e. The number of fused-ring (bicyclic) bond motifs is 1. The summed E-state index contributed by atoms with van der Waals surface area (Å²) < 4.78 is 64.9. The number of carbonyl (C=O) groups excluding carboxylic acids is 2. The number of hydrogen-bond acceptors (Lipinski definition) is 14. The van der Waals surface area contributed by atoms with Crippen molar-refractivity contribution in [2.75, 3.05) is 13.2 Å². The van der Waals surface area contributed by atoms with Gasteiger partial charge in [-0.2, -0.15) is 0 Å². The molecule has 4 saturated heterocycles. The van der Waals surface area contributed by atoms with E-state index in [0.717, 1.165) is 12.0 Å². The zero-order valence-corrected chi connectivity index (χ0v) is 43.3. The van der Waals surface area contributed by atoms with Crippen LogP contribution in [0.2, 0.25) is 18.1 Å². The maximum Gasteiger partial charge on any atom is 0.367 e. The number of aliphatic hydroxyl groups is 1. The molecule has 374 valence electrons. The second-order valence-electron chi connectivity index (χ2n) is 21.3. The van der Waals surface area contributed by atoms with Gasteiger partial charge in [0.15, 0.2) is 26.7 Å². The van der Waals surface area contributed by atoms with Crippen LogP contribution in [-0.4, -0.2) is 112 Å². The minimum Gasteiger partial charge on any atom is -0.459 e. The molecule has 4 fully saturated rings. The van der Waals surface area contributed by atoms with Crippen LogP contribution in [0.4, 0.5) is 0 Å². The van der Waals surface area contributed by atoms with E-state index in [4.69, 9.17) is 47.1 Å². The molecule has 16 atom stereocenters. The molecule has 6 unspecified atom stereocenters. The monoisotopic (exact) mass is 948 g/mol. The van der Waals surface area contributed by atoms with Crippen LogP contribution < -0.4 is 0 Å². The first-order valence-corrected chi connectivity index (χ1v) is 27.2. The van der Waals surface area contributed by atoms with Crippen LogP contribution in [0.25, 0.3) is 10.4 Å². The number of esters is 2. The number of hydrogen-bond donors (Lipinski definition) is 1. The van der Waals surface area contributed by atoms with Crippen molar-refractivity contribution in [2.24, 2.45) is 40.6 Å². The summed E-state index contributed by atoms with van der Waals surface area (Å²) in [6, 6.07) is 8.75. The molecule has 0 bridgehead atoms. The Morgan fingerprint density at radius 3 is 2.23 bits per heavy atom. The predicted octanol–water partition coefficient (Wildman–Crippen LogP) is 9.22. The maximum atomic E-state index is 14.5. The highest BCUT2D eigenvalue weighted by molar-refractivity contribution is 6.74. The van der Waals surface area contributed by atoms with Gasteiger partial charge in [-0.15, -0.1) is 0 Å². The Morgan fingerprint density at radius 1 is 0.939 bits per heavy atom. The van der Waals surface area contributed by atoms with Crippen molar-refractivity contribution in [3.63, 3.8) is 0 Å². The van der Waals surface area contributed by atoms with E-state index in [9.17, 15) is 20.2 Å². The van der Waals surface area contributed by atoms with Gasteiger partial charge in [0.2, 0.25) is 0 Å². The minimum absolute atomic E-state index is 0.0335. The lowest BCUT2D eigenvalue weighted by molar-refractivity contribution is -0.335. The molecule has 1 N–H and O–H groups in total. The summed E-state index contributed by atoms with van der Waals surface area (Å²) in [4.78, 5) is 31.1. The van der Waals surface area contributed by atoms with Crippen LogP contribution in [0.3, 0.4) is 0 Å². The summed E-state index contributed by atoms with van der Waals surface area (Å²) in [7, 11) is -2.47. The topological polar surface area (TPSA) is 195 Å². The SMILES string of the molecule is CC[C@@H](C)CC(=O)O[C@@H]1C(C)[C@H](OCC2O[C@@H](O[Si](C)(C)C(C)(C)C(C)C)C(N=[N+]=[N-])[C@@H](C)[C@@H]2C)OC(COC2(C(=O)OCc3ccccc3)C[C@H]3OC(C)(C)O[C@H]3C([C@H](C)CC)O2)[C@H]1O. The van der Waals surface area contributed by atoms with E-state index in [-0.39, 0.29) is 61.4 Å². The van der Waals surface area contributed by atoms with Crippen LogP contribution in [0.5, 0.6) is 0 Å². The number of benzene rings is 1. The van der Waals surface area contributed by atoms with Gasteiger partial charge in [0.1, 0.15) is 31.0 Å². The molecule has 4 aliphatic rings. The first kappa shape index (κ1) is 54.3. The number of aliphatic hydroxyl groups excluding tert-OH is 1. The van der Waals surface area contributed by atoms with Gasteiger partial charge >= 0.3 is 11.9 Å². The molecular formula is C49H81N3O13Si. The minimum atomic E-state index is -2.47. The molecular weight excluding hydrogens is 867 g/mol.